The van der Waals surface area contributed by atoms with Crippen LogP contribution in [0.3, 0.4) is 0 Å². The van der Waals surface area contributed by atoms with E-state index in [1.165, 1.54) is 29.7 Å². The van der Waals surface area contributed by atoms with E-state index in [1.54, 1.807) is 31.3 Å². The fourth-order valence-corrected chi connectivity index (χ4v) is 4.22. The van der Waals surface area contributed by atoms with Crippen LogP contribution < -0.4 is 15.5 Å². The van der Waals surface area contributed by atoms with E-state index >= 15 is 0 Å². The van der Waals surface area contributed by atoms with E-state index in [9.17, 15) is 14.0 Å². The fourth-order valence-electron chi connectivity index (χ4n) is 3.49. The maximum Gasteiger partial charge on any atom is 0.320 e. The Bertz CT molecular complexity index is 1130. The summed E-state index contributed by atoms with van der Waals surface area (Å²) in [5.74, 6) is -0.0407. The van der Waals surface area contributed by atoms with Gasteiger partial charge in [0.1, 0.15) is 16.5 Å². The monoisotopic (exact) mass is 484 g/mol. The van der Waals surface area contributed by atoms with Crippen molar-refractivity contribution in [3.63, 3.8) is 0 Å². The zero-order valence-corrected chi connectivity index (χ0v) is 19.5. The summed E-state index contributed by atoms with van der Waals surface area (Å²) in [5.41, 5.74) is 1.13. The Morgan fingerprint density at radius 1 is 1.09 bits per heavy atom. The Balaban J connectivity index is 1.28. The van der Waals surface area contributed by atoms with Gasteiger partial charge in [0.2, 0.25) is 0 Å². The smallest absolute Gasteiger partial charge is 0.320 e. The zero-order valence-electron chi connectivity index (χ0n) is 18.7. The lowest BCUT2D eigenvalue weighted by atomic mass is 10.3. The van der Waals surface area contributed by atoms with Gasteiger partial charge in [0.15, 0.2) is 5.13 Å². The minimum absolute atomic E-state index is 0.202. The number of nitrogens with one attached hydrogen (secondary N) is 2. The molecule has 1 aromatic carbocycles. The predicted octanol–water partition coefficient (Wildman–Crippen LogP) is 3.36. The van der Waals surface area contributed by atoms with Crippen molar-refractivity contribution < 1.29 is 18.7 Å². The number of rotatable bonds is 8. The first-order valence-electron chi connectivity index (χ1n) is 10.9. The Morgan fingerprint density at radius 3 is 2.62 bits per heavy atom. The fraction of sp³-hybridized carbons (Fsp3) is 0.304. The van der Waals surface area contributed by atoms with Crippen LogP contribution in [0.1, 0.15) is 16.6 Å². The first-order valence-corrected chi connectivity index (χ1v) is 11.7. The van der Waals surface area contributed by atoms with E-state index in [-0.39, 0.29) is 17.7 Å². The second-order valence-electron chi connectivity index (χ2n) is 7.59. The quantitative estimate of drug-likeness (QED) is 0.470. The Morgan fingerprint density at radius 2 is 1.91 bits per heavy atom. The molecule has 4 rings (SSSR count). The Hall–Kier alpha value is -3.57. The van der Waals surface area contributed by atoms with Crippen LogP contribution >= 0.6 is 11.3 Å². The number of nitrogens with zero attached hydrogens (tertiary/aromatic N) is 4. The van der Waals surface area contributed by atoms with Crippen molar-refractivity contribution in [1.82, 2.24) is 14.9 Å². The van der Waals surface area contributed by atoms with Crippen molar-refractivity contribution >= 4 is 45.5 Å². The van der Waals surface area contributed by atoms with Gasteiger partial charge in [-0.3, -0.25) is 14.5 Å². The van der Waals surface area contributed by atoms with Crippen molar-refractivity contribution in [2.24, 2.45) is 0 Å². The molecule has 0 bridgehead atoms. The number of amides is 1. The van der Waals surface area contributed by atoms with Crippen LogP contribution in [0.2, 0.25) is 0 Å². The highest BCUT2D eigenvalue weighted by Gasteiger charge is 2.20. The third-order valence-electron chi connectivity index (χ3n) is 5.17. The molecule has 3 heterocycles. The molecule has 11 heteroatoms. The second kappa shape index (κ2) is 11.0. The highest BCUT2D eigenvalue weighted by atomic mass is 32.1. The van der Waals surface area contributed by atoms with E-state index in [1.807, 2.05) is 6.07 Å². The number of carbonyl (C=O) groups excluding carboxylic acids is 2. The van der Waals surface area contributed by atoms with Crippen LogP contribution in [-0.4, -0.2) is 66.1 Å². The number of hydrogen-bond acceptors (Lipinski definition) is 9. The molecule has 1 aliphatic rings. The van der Waals surface area contributed by atoms with Crippen LogP contribution in [0.15, 0.2) is 48.8 Å². The van der Waals surface area contributed by atoms with Crippen molar-refractivity contribution in [1.29, 1.82) is 0 Å². The minimum Gasteiger partial charge on any atom is -0.465 e. The molecule has 34 heavy (non-hydrogen) atoms. The van der Waals surface area contributed by atoms with E-state index in [0.717, 1.165) is 32.0 Å². The van der Waals surface area contributed by atoms with Gasteiger partial charge in [-0.05, 0) is 37.3 Å². The number of anilines is 4. The molecule has 1 fully saturated rings. The number of benzene rings is 1. The number of carbonyl (C=O) groups is 2. The molecule has 0 saturated carbocycles. The van der Waals surface area contributed by atoms with Gasteiger partial charge in [-0.1, -0.05) is 17.4 Å². The first kappa shape index (κ1) is 23.6. The molecule has 0 atom stereocenters. The molecule has 1 aliphatic heterocycles. The summed E-state index contributed by atoms with van der Waals surface area (Å²) in [5, 5.41) is 6.30. The molecule has 9 nitrogen and oxygen atoms in total. The summed E-state index contributed by atoms with van der Waals surface area (Å²) in [7, 11) is 0. The minimum atomic E-state index is -0.353. The van der Waals surface area contributed by atoms with Crippen LogP contribution in [0.4, 0.5) is 26.7 Å². The van der Waals surface area contributed by atoms with Crippen molar-refractivity contribution in [2.75, 3.05) is 54.9 Å². The molecule has 2 aromatic heterocycles. The van der Waals surface area contributed by atoms with Crippen molar-refractivity contribution in [3.05, 3.63) is 59.5 Å². The summed E-state index contributed by atoms with van der Waals surface area (Å²) in [6, 6.07) is 9.70. The lowest BCUT2D eigenvalue weighted by molar-refractivity contribution is -0.144. The van der Waals surface area contributed by atoms with Gasteiger partial charge >= 0.3 is 5.97 Å². The number of halogens is 1. The molecule has 0 radical (unpaired) electrons. The normalized spacial score (nSPS) is 14.0. The molecule has 0 spiro atoms. The first-order chi connectivity index (χ1) is 16.5. The molecule has 2 N–H and O–H groups in total. The van der Waals surface area contributed by atoms with E-state index < -0.39 is 0 Å². The Labute approximate surface area is 200 Å². The van der Waals surface area contributed by atoms with Crippen LogP contribution in [0, 0.1) is 5.82 Å². The molecule has 0 unspecified atom stereocenters. The molecule has 1 amide bonds. The number of piperazine rings is 1. The number of pyridine rings is 1. The average Bonchev–Trinajstić information content (AvgIpc) is 3.29. The number of thiazole rings is 1. The maximum absolute atomic E-state index is 13.3. The third kappa shape index (κ3) is 6.27. The van der Waals surface area contributed by atoms with Gasteiger partial charge in [-0.15, -0.1) is 0 Å². The third-order valence-corrected chi connectivity index (χ3v) is 6.08. The summed E-state index contributed by atoms with van der Waals surface area (Å²) in [4.78, 5) is 37.5. The highest BCUT2D eigenvalue weighted by molar-refractivity contribution is 7.17. The lowest BCUT2D eigenvalue weighted by Crippen LogP contribution is -2.48. The van der Waals surface area contributed by atoms with Gasteiger partial charge in [-0.2, -0.15) is 0 Å². The largest absolute Gasteiger partial charge is 0.465 e. The van der Waals surface area contributed by atoms with Gasteiger partial charge in [-0.25, -0.2) is 14.4 Å². The van der Waals surface area contributed by atoms with Gasteiger partial charge in [0, 0.05) is 31.9 Å². The number of ether oxygens (including phenoxy) is 1. The molecule has 178 valence electrons. The zero-order chi connectivity index (χ0) is 23.9. The maximum atomic E-state index is 13.3. The predicted molar refractivity (Wildman–Crippen MR) is 129 cm³/mol. The summed E-state index contributed by atoms with van der Waals surface area (Å²) in [6.45, 7) is 5.49. The van der Waals surface area contributed by atoms with E-state index in [4.69, 9.17) is 4.74 Å². The van der Waals surface area contributed by atoms with E-state index in [0.29, 0.717) is 34.5 Å². The van der Waals surface area contributed by atoms with Gasteiger partial charge in [0.25, 0.3) is 5.91 Å². The molecule has 1 saturated heterocycles. The van der Waals surface area contributed by atoms with Crippen molar-refractivity contribution in [3.8, 4) is 0 Å². The molecular weight excluding hydrogens is 459 g/mol. The molecule has 3 aromatic rings. The number of hydrogen-bond donors (Lipinski definition) is 2. The van der Waals surface area contributed by atoms with Crippen LogP contribution in [0.5, 0.6) is 0 Å². The topological polar surface area (TPSA) is 99.7 Å². The van der Waals surface area contributed by atoms with Crippen molar-refractivity contribution in [2.45, 2.75) is 6.92 Å². The van der Waals surface area contributed by atoms with Crippen LogP contribution in [-0.2, 0) is 9.53 Å². The Kier molecular flexibility index (Phi) is 7.65. The summed E-state index contributed by atoms with van der Waals surface area (Å²) < 4.78 is 18.3. The summed E-state index contributed by atoms with van der Waals surface area (Å²) in [6.07, 6.45) is 3.09. The second-order valence-corrected chi connectivity index (χ2v) is 8.62. The van der Waals surface area contributed by atoms with E-state index in [2.05, 4.69) is 30.4 Å². The summed E-state index contributed by atoms with van der Waals surface area (Å²) >= 11 is 1.17. The molecule has 0 aliphatic carbocycles. The van der Waals surface area contributed by atoms with Gasteiger partial charge < -0.3 is 20.3 Å². The lowest BCUT2D eigenvalue weighted by Gasteiger charge is -2.34. The SMILES string of the molecule is CCOC(=O)CN1CCN(c2ccc(NC(=O)c3cnc(Nc4cccc(F)c4)s3)cn2)CC1. The average molecular weight is 485 g/mol. The molecular formula is C23H25FN6O3S. The van der Waals surface area contributed by atoms with Gasteiger partial charge in [0.05, 0.1) is 31.2 Å². The number of esters is 1. The number of aromatic nitrogens is 2. The standard InChI is InChI=1S/C23H25FN6O3S/c1-2-33-21(31)15-29-8-10-30(11-9-29)20-7-6-18(13-25-20)27-22(32)19-14-26-23(34-19)28-17-5-3-4-16(24)12-17/h3-7,12-14H,2,8-11,15H2,1H3,(H,26,28)(H,27,32). The van der Waals surface area contributed by atoms with Crippen LogP contribution in [0.25, 0.3) is 0 Å². The highest BCUT2D eigenvalue weighted by Crippen LogP contribution is 2.24.